The first-order valence-electron chi connectivity index (χ1n) is 10.4. The van der Waals surface area contributed by atoms with Gasteiger partial charge in [0.25, 0.3) is 0 Å². The van der Waals surface area contributed by atoms with Crippen molar-refractivity contribution in [3.8, 4) is 5.75 Å². The molecule has 1 amide bonds. The SMILES string of the molecule is CN=C(NCCCCN1CCC(C(N)=O)CC1)NCC1Cc2ccccc2O1.I. The maximum atomic E-state index is 11.2. The lowest BCUT2D eigenvalue weighted by Crippen LogP contribution is -2.42. The van der Waals surface area contributed by atoms with Crippen LogP contribution in [0.1, 0.15) is 31.2 Å². The normalized spacial score (nSPS) is 19.8. The number of guanidine groups is 1. The van der Waals surface area contributed by atoms with E-state index in [4.69, 9.17) is 10.5 Å². The van der Waals surface area contributed by atoms with Gasteiger partial charge in [-0.25, -0.2) is 0 Å². The summed E-state index contributed by atoms with van der Waals surface area (Å²) in [7, 11) is 1.79. The molecule has 29 heavy (non-hydrogen) atoms. The number of fused-ring (bicyclic) bond motifs is 1. The maximum Gasteiger partial charge on any atom is 0.220 e. The van der Waals surface area contributed by atoms with Crippen LogP contribution in [0.25, 0.3) is 0 Å². The lowest BCUT2D eigenvalue weighted by atomic mass is 9.96. The molecule has 8 heteroatoms. The summed E-state index contributed by atoms with van der Waals surface area (Å²) in [5, 5.41) is 6.74. The van der Waals surface area contributed by atoms with Crippen molar-refractivity contribution in [1.82, 2.24) is 15.5 Å². The third-order valence-electron chi connectivity index (χ3n) is 5.62. The second-order valence-electron chi connectivity index (χ2n) is 7.66. The molecule has 3 rings (SSSR count). The highest BCUT2D eigenvalue weighted by atomic mass is 127. The number of nitrogens with zero attached hydrogens (tertiary/aromatic N) is 2. The van der Waals surface area contributed by atoms with Crippen LogP contribution in [-0.4, -0.2) is 62.6 Å². The molecule has 1 aromatic rings. The Bertz CT molecular complexity index is 652. The van der Waals surface area contributed by atoms with E-state index in [1.807, 2.05) is 12.1 Å². The van der Waals surface area contributed by atoms with Gasteiger partial charge >= 0.3 is 0 Å². The number of nitrogens with two attached hydrogens (primary N) is 1. The van der Waals surface area contributed by atoms with Crippen LogP contribution in [0.5, 0.6) is 5.75 Å². The molecule has 0 aromatic heterocycles. The zero-order valence-corrected chi connectivity index (χ0v) is 19.6. The molecular formula is C21H34IN5O2. The van der Waals surface area contributed by atoms with Gasteiger partial charge in [-0.2, -0.15) is 0 Å². The molecule has 0 saturated carbocycles. The largest absolute Gasteiger partial charge is 0.488 e. The molecule has 1 unspecified atom stereocenters. The first-order chi connectivity index (χ1) is 13.7. The van der Waals surface area contributed by atoms with Crippen LogP contribution < -0.4 is 21.1 Å². The van der Waals surface area contributed by atoms with Crippen molar-refractivity contribution in [2.75, 3.05) is 39.8 Å². The highest BCUT2D eigenvalue weighted by molar-refractivity contribution is 14.0. The van der Waals surface area contributed by atoms with Crippen molar-refractivity contribution in [3.63, 3.8) is 0 Å². The van der Waals surface area contributed by atoms with E-state index in [2.05, 4.69) is 32.7 Å². The summed E-state index contributed by atoms with van der Waals surface area (Å²) >= 11 is 0. The Morgan fingerprint density at radius 3 is 2.69 bits per heavy atom. The smallest absolute Gasteiger partial charge is 0.220 e. The molecule has 7 nitrogen and oxygen atoms in total. The maximum absolute atomic E-state index is 11.2. The summed E-state index contributed by atoms with van der Waals surface area (Å²) in [4.78, 5) is 17.9. The van der Waals surface area contributed by atoms with Gasteiger partial charge in [0.2, 0.25) is 5.91 Å². The van der Waals surface area contributed by atoms with Crippen molar-refractivity contribution >= 4 is 35.8 Å². The van der Waals surface area contributed by atoms with Crippen LogP contribution in [0, 0.1) is 5.92 Å². The van der Waals surface area contributed by atoms with Gasteiger partial charge in [-0.1, -0.05) is 18.2 Å². The lowest BCUT2D eigenvalue weighted by molar-refractivity contribution is -0.123. The van der Waals surface area contributed by atoms with Crippen LogP contribution in [0.15, 0.2) is 29.3 Å². The van der Waals surface area contributed by atoms with Crippen LogP contribution in [-0.2, 0) is 11.2 Å². The van der Waals surface area contributed by atoms with E-state index in [-0.39, 0.29) is 41.9 Å². The lowest BCUT2D eigenvalue weighted by Gasteiger charge is -2.30. The number of amides is 1. The molecule has 2 aliphatic heterocycles. The van der Waals surface area contributed by atoms with Gasteiger partial charge in [-0.05, 0) is 56.9 Å². The number of rotatable bonds is 8. The molecule has 1 aromatic carbocycles. The fourth-order valence-electron chi connectivity index (χ4n) is 3.91. The summed E-state index contributed by atoms with van der Waals surface area (Å²) in [6.45, 7) is 4.67. The van der Waals surface area contributed by atoms with E-state index < -0.39 is 0 Å². The number of unbranched alkanes of at least 4 members (excludes halogenated alkanes) is 1. The number of piperidine rings is 1. The number of hydrogen-bond acceptors (Lipinski definition) is 4. The van der Waals surface area contributed by atoms with Crippen LogP contribution in [0.3, 0.4) is 0 Å². The average Bonchev–Trinajstić information content (AvgIpc) is 3.13. The van der Waals surface area contributed by atoms with Crippen molar-refractivity contribution in [3.05, 3.63) is 29.8 Å². The summed E-state index contributed by atoms with van der Waals surface area (Å²) in [5.41, 5.74) is 6.66. The van der Waals surface area contributed by atoms with E-state index in [0.717, 1.165) is 76.5 Å². The molecule has 1 saturated heterocycles. The predicted octanol–water partition coefficient (Wildman–Crippen LogP) is 1.75. The first kappa shape index (κ1) is 23.7. The number of carbonyl (C=O) groups excluding carboxylic acids is 1. The minimum atomic E-state index is -0.144. The summed E-state index contributed by atoms with van der Waals surface area (Å²) in [6.07, 6.45) is 5.11. The van der Waals surface area contributed by atoms with Crippen LogP contribution in [0.2, 0.25) is 0 Å². The number of likely N-dealkylation sites (tertiary alicyclic amines) is 1. The molecule has 1 fully saturated rings. The van der Waals surface area contributed by atoms with E-state index in [1.54, 1.807) is 7.05 Å². The average molecular weight is 515 g/mol. The molecule has 0 bridgehead atoms. The zero-order valence-electron chi connectivity index (χ0n) is 17.2. The minimum absolute atomic E-state index is 0. The molecule has 2 aliphatic rings. The Balaban J connectivity index is 0.00000300. The third-order valence-corrected chi connectivity index (χ3v) is 5.62. The number of aliphatic imine (C=N–C) groups is 1. The molecule has 2 heterocycles. The van der Waals surface area contributed by atoms with Crippen LogP contribution >= 0.6 is 24.0 Å². The van der Waals surface area contributed by atoms with E-state index in [1.165, 1.54) is 5.56 Å². The van der Waals surface area contributed by atoms with E-state index >= 15 is 0 Å². The van der Waals surface area contributed by atoms with Gasteiger partial charge < -0.3 is 26.0 Å². The van der Waals surface area contributed by atoms with Gasteiger partial charge in [-0.3, -0.25) is 9.79 Å². The Hall–Kier alpha value is -1.55. The minimum Gasteiger partial charge on any atom is -0.488 e. The topological polar surface area (TPSA) is 92.0 Å². The van der Waals surface area contributed by atoms with Crippen molar-refractivity contribution in [2.45, 2.75) is 38.2 Å². The number of carbonyl (C=O) groups is 1. The number of ether oxygens (including phenoxy) is 1. The number of nitrogens with one attached hydrogen (secondary N) is 2. The monoisotopic (exact) mass is 515 g/mol. The molecule has 162 valence electrons. The highest BCUT2D eigenvalue weighted by Crippen LogP contribution is 2.27. The molecule has 1 atom stereocenters. The summed E-state index contributed by atoms with van der Waals surface area (Å²) in [6, 6.07) is 8.21. The summed E-state index contributed by atoms with van der Waals surface area (Å²) in [5.74, 6) is 1.75. The molecule has 0 spiro atoms. The number of hydrogen-bond donors (Lipinski definition) is 3. The Morgan fingerprint density at radius 2 is 2.00 bits per heavy atom. The second kappa shape index (κ2) is 12.2. The zero-order chi connectivity index (χ0) is 19.8. The van der Waals surface area contributed by atoms with Crippen molar-refractivity contribution in [1.29, 1.82) is 0 Å². The molecule has 0 radical (unpaired) electrons. The van der Waals surface area contributed by atoms with Gasteiger partial charge in [0.05, 0.1) is 6.54 Å². The number of halogens is 1. The summed E-state index contributed by atoms with van der Waals surface area (Å²) < 4.78 is 5.95. The highest BCUT2D eigenvalue weighted by Gasteiger charge is 2.23. The Kier molecular flexibility index (Phi) is 9.99. The first-order valence-corrected chi connectivity index (χ1v) is 10.4. The van der Waals surface area contributed by atoms with Gasteiger partial charge in [0, 0.05) is 25.9 Å². The Morgan fingerprint density at radius 1 is 1.24 bits per heavy atom. The molecule has 0 aliphatic carbocycles. The molecule has 4 N–H and O–H groups in total. The van der Waals surface area contributed by atoms with Gasteiger partial charge in [0.15, 0.2) is 5.96 Å². The Labute approximate surface area is 190 Å². The fraction of sp³-hybridized carbons (Fsp3) is 0.619. The van der Waals surface area contributed by atoms with E-state index in [9.17, 15) is 4.79 Å². The number of primary amides is 1. The standard InChI is InChI=1S/C21H33N5O2.HI/c1-23-21(25-15-18-14-17-6-2-3-7-19(17)28-18)24-10-4-5-11-26-12-8-16(9-13-26)20(22)27;/h2-3,6-7,16,18H,4-5,8-15H2,1H3,(H2,22,27)(H2,23,24,25);1H. The van der Waals surface area contributed by atoms with Gasteiger partial charge in [-0.15, -0.1) is 24.0 Å². The van der Waals surface area contributed by atoms with Crippen molar-refractivity contribution < 1.29 is 9.53 Å². The quantitative estimate of drug-likeness (QED) is 0.213. The number of para-hydroxylation sites is 1. The van der Waals surface area contributed by atoms with Crippen LogP contribution in [0.4, 0.5) is 0 Å². The van der Waals surface area contributed by atoms with E-state index in [0.29, 0.717) is 0 Å². The number of benzene rings is 1. The van der Waals surface area contributed by atoms with Crippen molar-refractivity contribution in [2.24, 2.45) is 16.6 Å². The predicted molar refractivity (Wildman–Crippen MR) is 127 cm³/mol. The second-order valence-corrected chi connectivity index (χ2v) is 7.66. The van der Waals surface area contributed by atoms with Gasteiger partial charge in [0.1, 0.15) is 11.9 Å². The molecular weight excluding hydrogens is 481 g/mol. The third kappa shape index (κ3) is 7.33. The fourth-order valence-corrected chi connectivity index (χ4v) is 3.91.